The Kier molecular flexibility index (Phi) is 2.77. The van der Waals surface area contributed by atoms with Crippen LogP contribution in [0.3, 0.4) is 0 Å². The Morgan fingerprint density at radius 3 is 2.47 bits per heavy atom. The minimum atomic E-state index is -0.630. The van der Waals surface area contributed by atoms with E-state index in [-0.39, 0.29) is 11.3 Å². The van der Waals surface area contributed by atoms with Gasteiger partial charge in [0.05, 0.1) is 5.56 Å². The van der Waals surface area contributed by atoms with E-state index in [0.29, 0.717) is 18.3 Å². The second-order valence-electron chi connectivity index (χ2n) is 4.81. The normalized spacial score (nSPS) is 14.9. The van der Waals surface area contributed by atoms with Crippen molar-refractivity contribution in [2.24, 2.45) is 0 Å². The van der Waals surface area contributed by atoms with Crippen molar-refractivity contribution in [3.05, 3.63) is 35.7 Å². The molecule has 1 aromatic carbocycles. The maximum Gasteiger partial charge on any atom is 0.135 e. The lowest BCUT2D eigenvalue weighted by molar-refractivity contribution is 0.589. The summed E-state index contributed by atoms with van der Waals surface area (Å²) in [5.41, 5.74) is 6.15. The zero-order chi connectivity index (χ0) is 13.6. The molecular formula is C14H15F2N3. The van der Waals surface area contributed by atoms with E-state index < -0.39 is 11.6 Å². The lowest BCUT2D eigenvalue weighted by atomic mass is 10.1. The van der Waals surface area contributed by atoms with Crippen LogP contribution in [0.5, 0.6) is 0 Å². The van der Waals surface area contributed by atoms with E-state index in [9.17, 15) is 8.78 Å². The average Bonchev–Trinajstić information content (AvgIpc) is 3.15. The number of hydrogen-bond acceptors (Lipinski definition) is 2. The van der Waals surface area contributed by atoms with E-state index in [0.717, 1.165) is 18.7 Å². The number of rotatable bonds is 3. The maximum atomic E-state index is 13.8. The van der Waals surface area contributed by atoms with Gasteiger partial charge in [-0.05, 0) is 25.0 Å². The number of aromatic nitrogens is 2. The number of nitrogens with zero attached hydrogens (tertiary/aromatic N) is 2. The number of aryl methyl sites for hydroxylation is 1. The van der Waals surface area contributed by atoms with Crippen LogP contribution >= 0.6 is 0 Å². The standard InChI is InChI=1S/C14H15F2N3/c1-2-11-18-13(14(17)19(11)8-6-7-8)12-9(15)4-3-5-10(12)16/h3-5,8H,2,6-7,17H2,1H3. The first-order valence-corrected chi connectivity index (χ1v) is 6.44. The number of hydrogen-bond donors (Lipinski definition) is 1. The summed E-state index contributed by atoms with van der Waals surface area (Å²) in [6, 6.07) is 4.12. The molecule has 0 aliphatic heterocycles. The first-order valence-electron chi connectivity index (χ1n) is 6.44. The third kappa shape index (κ3) is 1.89. The molecule has 0 unspecified atom stereocenters. The average molecular weight is 263 g/mol. The number of benzene rings is 1. The smallest absolute Gasteiger partial charge is 0.135 e. The number of nitrogens with two attached hydrogens (primary N) is 1. The Balaban J connectivity index is 2.20. The minimum absolute atomic E-state index is 0.130. The quantitative estimate of drug-likeness (QED) is 0.923. The number of halogens is 2. The van der Waals surface area contributed by atoms with Crippen LogP contribution in [0.4, 0.5) is 14.6 Å². The summed E-state index contributed by atoms with van der Waals surface area (Å²) in [5.74, 6) is -0.106. The van der Waals surface area contributed by atoms with Crippen LogP contribution in [-0.4, -0.2) is 9.55 Å². The fourth-order valence-corrected chi connectivity index (χ4v) is 2.39. The van der Waals surface area contributed by atoms with Gasteiger partial charge in [0.25, 0.3) is 0 Å². The van der Waals surface area contributed by atoms with E-state index in [1.165, 1.54) is 18.2 Å². The molecule has 1 aromatic heterocycles. The van der Waals surface area contributed by atoms with Crippen molar-refractivity contribution in [3.8, 4) is 11.3 Å². The van der Waals surface area contributed by atoms with Crippen LogP contribution in [0, 0.1) is 11.6 Å². The van der Waals surface area contributed by atoms with Crippen molar-refractivity contribution in [3.63, 3.8) is 0 Å². The molecule has 0 bridgehead atoms. The summed E-state index contributed by atoms with van der Waals surface area (Å²) >= 11 is 0. The summed E-state index contributed by atoms with van der Waals surface area (Å²) in [7, 11) is 0. The van der Waals surface area contributed by atoms with E-state index in [1.54, 1.807) is 0 Å². The molecular weight excluding hydrogens is 248 g/mol. The molecule has 100 valence electrons. The van der Waals surface area contributed by atoms with Crippen LogP contribution < -0.4 is 5.73 Å². The molecule has 0 saturated heterocycles. The van der Waals surface area contributed by atoms with Crippen LogP contribution in [0.1, 0.15) is 31.6 Å². The Hall–Kier alpha value is -1.91. The van der Waals surface area contributed by atoms with E-state index in [1.807, 2.05) is 11.5 Å². The molecule has 1 saturated carbocycles. The Labute approximate surface area is 110 Å². The Morgan fingerprint density at radius 2 is 1.95 bits per heavy atom. The van der Waals surface area contributed by atoms with Crippen molar-refractivity contribution >= 4 is 5.82 Å². The molecule has 1 heterocycles. The number of anilines is 1. The SMILES string of the molecule is CCc1nc(-c2c(F)cccc2F)c(N)n1C1CC1. The largest absolute Gasteiger partial charge is 0.383 e. The Morgan fingerprint density at radius 1 is 1.32 bits per heavy atom. The fraction of sp³-hybridized carbons (Fsp3) is 0.357. The Bertz CT molecular complexity index is 610. The van der Waals surface area contributed by atoms with Gasteiger partial charge in [-0.15, -0.1) is 0 Å². The van der Waals surface area contributed by atoms with Gasteiger partial charge in [-0.25, -0.2) is 13.8 Å². The molecule has 0 atom stereocenters. The second-order valence-corrected chi connectivity index (χ2v) is 4.81. The molecule has 2 aromatic rings. The molecule has 1 aliphatic rings. The summed E-state index contributed by atoms with van der Waals surface area (Å²) in [5, 5.41) is 0. The molecule has 0 amide bonds. The molecule has 19 heavy (non-hydrogen) atoms. The van der Waals surface area contributed by atoms with Gasteiger partial charge in [-0.1, -0.05) is 13.0 Å². The molecule has 0 radical (unpaired) electrons. The molecule has 1 fully saturated rings. The minimum Gasteiger partial charge on any atom is -0.383 e. The second kappa shape index (κ2) is 4.33. The predicted molar refractivity (Wildman–Crippen MR) is 69.6 cm³/mol. The maximum absolute atomic E-state index is 13.8. The number of nitrogen functional groups attached to an aromatic ring is 1. The highest BCUT2D eigenvalue weighted by Gasteiger charge is 2.30. The van der Waals surface area contributed by atoms with Crippen molar-refractivity contribution in [1.82, 2.24) is 9.55 Å². The highest BCUT2D eigenvalue weighted by molar-refractivity contribution is 5.72. The molecule has 2 N–H and O–H groups in total. The summed E-state index contributed by atoms with van der Waals surface area (Å²) < 4.78 is 29.6. The van der Waals surface area contributed by atoms with Gasteiger partial charge in [0.1, 0.15) is 29.0 Å². The van der Waals surface area contributed by atoms with Crippen molar-refractivity contribution < 1.29 is 8.78 Å². The van der Waals surface area contributed by atoms with Crippen LogP contribution in [0.25, 0.3) is 11.3 Å². The van der Waals surface area contributed by atoms with Gasteiger partial charge in [-0.2, -0.15) is 0 Å². The molecule has 3 rings (SSSR count). The molecule has 1 aliphatic carbocycles. The van der Waals surface area contributed by atoms with Gasteiger partial charge in [0, 0.05) is 12.5 Å². The molecule has 3 nitrogen and oxygen atoms in total. The zero-order valence-electron chi connectivity index (χ0n) is 10.7. The van der Waals surface area contributed by atoms with Gasteiger partial charge < -0.3 is 10.3 Å². The van der Waals surface area contributed by atoms with Gasteiger partial charge in [0.15, 0.2) is 0 Å². The third-order valence-electron chi connectivity index (χ3n) is 3.45. The highest BCUT2D eigenvalue weighted by atomic mass is 19.1. The van der Waals surface area contributed by atoms with Crippen LogP contribution in [0.15, 0.2) is 18.2 Å². The topological polar surface area (TPSA) is 43.8 Å². The highest BCUT2D eigenvalue weighted by Crippen LogP contribution is 2.41. The summed E-state index contributed by atoms with van der Waals surface area (Å²) in [4.78, 5) is 4.34. The first-order chi connectivity index (χ1) is 9.13. The lowest BCUT2D eigenvalue weighted by Crippen LogP contribution is -2.04. The van der Waals surface area contributed by atoms with E-state index in [2.05, 4.69) is 4.98 Å². The van der Waals surface area contributed by atoms with Crippen molar-refractivity contribution in [2.45, 2.75) is 32.2 Å². The van der Waals surface area contributed by atoms with Crippen molar-refractivity contribution in [2.75, 3.05) is 5.73 Å². The summed E-state index contributed by atoms with van der Waals surface area (Å²) in [6.07, 6.45) is 2.79. The van der Waals surface area contributed by atoms with Gasteiger partial charge in [-0.3, -0.25) is 0 Å². The predicted octanol–water partition coefficient (Wildman–Crippen LogP) is 3.31. The third-order valence-corrected chi connectivity index (χ3v) is 3.45. The van der Waals surface area contributed by atoms with Gasteiger partial charge in [0.2, 0.25) is 0 Å². The first kappa shape index (κ1) is 12.1. The molecule has 5 heteroatoms. The zero-order valence-corrected chi connectivity index (χ0v) is 10.7. The van der Waals surface area contributed by atoms with Crippen molar-refractivity contribution in [1.29, 1.82) is 0 Å². The fourth-order valence-electron chi connectivity index (χ4n) is 2.39. The van der Waals surface area contributed by atoms with E-state index in [4.69, 9.17) is 5.73 Å². The van der Waals surface area contributed by atoms with Gasteiger partial charge >= 0.3 is 0 Å². The van der Waals surface area contributed by atoms with Crippen LogP contribution in [-0.2, 0) is 6.42 Å². The van der Waals surface area contributed by atoms with E-state index >= 15 is 0 Å². The monoisotopic (exact) mass is 263 g/mol. The lowest BCUT2D eigenvalue weighted by Gasteiger charge is -2.07. The number of imidazole rings is 1. The molecule has 0 spiro atoms. The summed E-state index contributed by atoms with van der Waals surface area (Å²) in [6.45, 7) is 1.96. The van der Waals surface area contributed by atoms with Crippen LogP contribution in [0.2, 0.25) is 0 Å².